The summed E-state index contributed by atoms with van der Waals surface area (Å²) in [5.41, 5.74) is 0.240. The molecule has 0 spiro atoms. The van der Waals surface area contributed by atoms with Gasteiger partial charge in [0.05, 0.1) is 23.8 Å². The maximum absolute atomic E-state index is 12.4. The summed E-state index contributed by atoms with van der Waals surface area (Å²) < 4.78 is 35.1. The van der Waals surface area contributed by atoms with Crippen LogP contribution in [0, 0.1) is 17.8 Å². The maximum Gasteiger partial charge on any atom is 0.250 e. The molecule has 152 valence electrons. The lowest BCUT2D eigenvalue weighted by Gasteiger charge is -2.37. The number of anilines is 1. The molecule has 6 nitrogen and oxygen atoms in total. The number of nitrogens with one attached hydrogen (secondary N) is 1. The van der Waals surface area contributed by atoms with Crippen molar-refractivity contribution in [1.82, 2.24) is 0 Å². The first kappa shape index (κ1) is 21.7. The van der Waals surface area contributed by atoms with E-state index in [9.17, 15) is 13.2 Å². The van der Waals surface area contributed by atoms with Crippen LogP contribution >= 0.6 is 0 Å². The zero-order valence-electron chi connectivity index (χ0n) is 16.8. The molecule has 27 heavy (non-hydrogen) atoms. The molecule has 1 aromatic rings. The van der Waals surface area contributed by atoms with E-state index in [0.29, 0.717) is 23.5 Å². The fourth-order valence-corrected chi connectivity index (χ4v) is 4.56. The van der Waals surface area contributed by atoms with Crippen LogP contribution in [0.2, 0.25) is 0 Å². The van der Waals surface area contributed by atoms with Crippen molar-refractivity contribution in [2.24, 2.45) is 17.8 Å². The smallest absolute Gasteiger partial charge is 0.250 e. The third-order valence-electron chi connectivity index (χ3n) is 5.25. The van der Waals surface area contributed by atoms with Gasteiger partial charge in [-0.25, -0.2) is 8.42 Å². The molecule has 3 unspecified atom stereocenters. The maximum atomic E-state index is 12.4. The summed E-state index contributed by atoms with van der Waals surface area (Å²) in [7, 11) is -2.05. The first-order chi connectivity index (χ1) is 12.6. The van der Waals surface area contributed by atoms with E-state index in [1.54, 1.807) is 6.07 Å². The van der Waals surface area contributed by atoms with Gasteiger partial charge in [0.2, 0.25) is 5.91 Å². The molecule has 0 radical (unpaired) electrons. The zero-order valence-corrected chi connectivity index (χ0v) is 17.6. The molecule has 1 fully saturated rings. The van der Waals surface area contributed by atoms with E-state index in [-0.39, 0.29) is 29.2 Å². The average Bonchev–Trinajstić information content (AvgIpc) is 2.59. The van der Waals surface area contributed by atoms with Crippen LogP contribution in [-0.4, -0.2) is 40.4 Å². The van der Waals surface area contributed by atoms with E-state index in [1.807, 2.05) is 0 Å². The van der Waals surface area contributed by atoms with Gasteiger partial charge < -0.3 is 14.8 Å². The highest BCUT2D eigenvalue weighted by Crippen LogP contribution is 2.35. The monoisotopic (exact) mass is 397 g/mol. The van der Waals surface area contributed by atoms with Crippen molar-refractivity contribution in [2.45, 2.75) is 51.0 Å². The van der Waals surface area contributed by atoms with Crippen LogP contribution in [0.25, 0.3) is 0 Å². The first-order valence-electron chi connectivity index (χ1n) is 9.41. The molecule has 1 N–H and O–H groups in total. The predicted molar refractivity (Wildman–Crippen MR) is 106 cm³/mol. The van der Waals surface area contributed by atoms with Crippen LogP contribution < -0.4 is 10.1 Å². The van der Waals surface area contributed by atoms with Crippen LogP contribution in [0.4, 0.5) is 5.69 Å². The standard InChI is InChI=1S/C20H31NO5S/c1-13(2)16-8-6-14(3)10-18(16)26-12-20(22)21-17-9-7-15(25-4)11-19(17)27(5,23)24/h7,9,11,13-14,16,18H,6,8,10,12H2,1-5H3,(H,21,22). The van der Waals surface area contributed by atoms with Gasteiger partial charge in [-0.1, -0.05) is 27.2 Å². The van der Waals surface area contributed by atoms with E-state index in [4.69, 9.17) is 9.47 Å². The van der Waals surface area contributed by atoms with Gasteiger partial charge in [-0.15, -0.1) is 0 Å². The van der Waals surface area contributed by atoms with Gasteiger partial charge in [-0.2, -0.15) is 0 Å². The van der Waals surface area contributed by atoms with Crippen molar-refractivity contribution in [3.8, 4) is 5.75 Å². The Morgan fingerprint density at radius 2 is 2.00 bits per heavy atom. The molecular weight excluding hydrogens is 366 g/mol. The van der Waals surface area contributed by atoms with Crippen LogP contribution in [0.15, 0.2) is 23.1 Å². The van der Waals surface area contributed by atoms with Crippen LogP contribution in [0.5, 0.6) is 5.75 Å². The fraction of sp³-hybridized carbons (Fsp3) is 0.650. The number of hydrogen-bond donors (Lipinski definition) is 1. The number of carbonyl (C=O) groups excluding carboxylic acids is 1. The minimum atomic E-state index is -3.51. The van der Waals surface area contributed by atoms with Gasteiger partial charge in [0, 0.05) is 12.3 Å². The lowest BCUT2D eigenvalue weighted by molar-refractivity contribution is -0.126. The Labute approximate surface area is 162 Å². The number of methoxy groups -OCH3 is 1. The quantitative estimate of drug-likeness (QED) is 0.761. The molecule has 0 aliphatic heterocycles. The molecular formula is C20H31NO5S. The van der Waals surface area contributed by atoms with E-state index in [2.05, 4.69) is 26.1 Å². The van der Waals surface area contributed by atoms with Crippen molar-refractivity contribution in [1.29, 1.82) is 0 Å². The Balaban J connectivity index is 2.05. The summed E-state index contributed by atoms with van der Waals surface area (Å²) in [5.74, 6) is 1.60. The summed E-state index contributed by atoms with van der Waals surface area (Å²) in [6, 6.07) is 4.55. The van der Waals surface area contributed by atoms with Gasteiger partial charge >= 0.3 is 0 Å². The third-order valence-corrected chi connectivity index (χ3v) is 6.39. The average molecular weight is 398 g/mol. The first-order valence-corrected chi connectivity index (χ1v) is 11.3. The molecule has 1 aromatic carbocycles. The molecule has 0 bridgehead atoms. The van der Waals surface area contributed by atoms with Crippen LogP contribution in [-0.2, 0) is 19.4 Å². The predicted octanol–water partition coefficient (Wildman–Crippen LogP) is 3.51. The topological polar surface area (TPSA) is 81.7 Å². The van der Waals surface area contributed by atoms with E-state index in [1.165, 1.54) is 25.7 Å². The second-order valence-electron chi connectivity index (χ2n) is 7.86. The van der Waals surface area contributed by atoms with E-state index >= 15 is 0 Å². The minimum absolute atomic E-state index is 0.0292. The largest absolute Gasteiger partial charge is 0.497 e. The molecule has 3 atom stereocenters. The molecule has 0 saturated heterocycles. The second kappa shape index (κ2) is 9.06. The van der Waals surface area contributed by atoms with Crippen LogP contribution in [0.3, 0.4) is 0 Å². The Kier molecular flexibility index (Phi) is 7.28. The Morgan fingerprint density at radius 3 is 2.59 bits per heavy atom. The van der Waals surface area contributed by atoms with Crippen molar-refractivity contribution in [3.05, 3.63) is 18.2 Å². The van der Waals surface area contributed by atoms with Gasteiger partial charge in [-0.05, 0) is 42.7 Å². The molecule has 2 rings (SSSR count). The fourth-order valence-electron chi connectivity index (χ4n) is 3.72. The van der Waals surface area contributed by atoms with Crippen molar-refractivity contribution < 1.29 is 22.7 Å². The summed E-state index contributed by atoms with van der Waals surface area (Å²) in [6.07, 6.45) is 4.42. The molecule has 0 heterocycles. The minimum Gasteiger partial charge on any atom is -0.497 e. The third kappa shape index (κ3) is 5.94. The summed E-state index contributed by atoms with van der Waals surface area (Å²) in [6.45, 7) is 6.50. The Hall–Kier alpha value is -1.60. The Bertz CT molecular complexity index is 760. The van der Waals surface area contributed by atoms with Crippen LogP contribution in [0.1, 0.15) is 40.0 Å². The normalized spacial score (nSPS) is 23.3. The zero-order chi connectivity index (χ0) is 20.2. The molecule has 0 aromatic heterocycles. The van der Waals surface area contributed by atoms with Gasteiger partial charge in [0.25, 0.3) is 0 Å². The number of amides is 1. The second-order valence-corrected chi connectivity index (χ2v) is 9.84. The number of carbonyl (C=O) groups is 1. The highest BCUT2D eigenvalue weighted by Gasteiger charge is 2.31. The summed E-state index contributed by atoms with van der Waals surface area (Å²) in [4.78, 5) is 12.4. The summed E-state index contributed by atoms with van der Waals surface area (Å²) in [5, 5.41) is 2.66. The van der Waals surface area contributed by atoms with Crippen molar-refractivity contribution >= 4 is 21.4 Å². The SMILES string of the molecule is COc1ccc(NC(=O)COC2CC(C)CCC2C(C)C)c(S(C)(=O)=O)c1. The van der Waals surface area contributed by atoms with Crippen molar-refractivity contribution in [3.63, 3.8) is 0 Å². The van der Waals surface area contributed by atoms with E-state index in [0.717, 1.165) is 19.1 Å². The number of sulfone groups is 1. The Morgan fingerprint density at radius 1 is 1.30 bits per heavy atom. The molecule has 7 heteroatoms. The van der Waals surface area contributed by atoms with E-state index < -0.39 is 9.84 Å². The number of benzene rings is 1. The number of ether oxygens (including phenoxy) is 2. The highest BCUT2D eigenvalue weighted by molar-refractivity contribution is 7.90. The lowest BCUT2D eigenvalue weighted by atomic mass is 9.75. The van der Waals surface area contributed by atoms with Gasteiger partial charge in [0.15, 0.2) is 9.84 Å². The summed E-state index contributed by atoms with van der Waals surface area (Å²) >= 11 is 0. The molecule has 1 aliphatic carbocycles. The highest BCUT2D eigenvalue weighted by atomic mass is 32.2. The van der Waals surface area contributed by atoms with Gasteiger partial charge in [0.1, 0.15) is 12.4 Å². The van der Waals surface area contributed by atoms with Gasteiger partial charge in [-0.3, -0.25) is 4.79 Å². The molecule has 1 amide bonds. The van der Waals surface area contributed by atoms with Crippen molar-refractivity contribution in [2.75, 3.05) is 25.3 Å². The number of rotatable bonds is 7. The molecule has 1 saturated carbocycles. The molecule has 1 aliphatic rings. The lowest BCUT2D eigenvalue weighted by Crippen LogP contribution is -2.36. The number of hydrogen-bond acceptors (Lipinski definition) is 5.